The van der Waals surface area contributed by atoms with Crippen LogP contribution < -0.4 is 0 Å². The van der Waals surface area contributed by atoms with E-state index in [-0.39, 0.29) is 41.9 Å². The molecule has 1 aromatic heterocycles. The molecule has 3 amide bonds. The van der Waals surface area contributed by atoms with Gasteiger partial charge in [-0.25, -0.2) is 4.39 Å². The number of hydrogen-bond donors (Lipinski definition) is 1. The van der Waals surface area contributed by atoms with Gasteiger partial charge in [0.2, 0.25) is 17.7 Å². The second kappa shape index (κ2) is 7.38. The van der Waals surface area contributed by atoms with Crippen LogP contribution in [0, 0.1) is 17.7 Å². The second-order valence-corrected chi connectivity index (χ2v) is 8.47. The number of carbonyl (C=O) groups is 3. The molecule has 2 fully saturated rings. The van der Waals surface area contributed by atoms with Crippen molar-refractivity contribution >= 4 is 34.2 Å². The Kier molecular flexibility index (Phi) is 4.68. The van der Waals surface area contributed by atoms with Crippen molar-refractivity contribution in [2.45, 2.75) is 32.1 Å². The number of carbonyl (C=O) groups excluding carboxylic acids is 3. The lowest BCUT2D eigenvalue weighted by molar-refractivity contribution is -0.146. The van der Waals surface area contributed by atoms with Crippen LogP contribution in [-0.4, -0.2) is 52.1 Å². The van der Waals surface area contributed by atoms with Gasteiger partial charge in [0.1, 0.15) is 12.4 Å². The zero-order chi connectivity index (χ0) is 20.8. The Balaban J connectivity index is 1.27. The highest BCUT2D eigenvalue weighted by molar-refractivity contribution is 6.07. The molecule has 0 bridgehead atoms. The predicted molar refractivity (Wildman–Crippen MR) is 110 cm³/mol. The third kappa shape index (κ3) is 3.13. The van der Waals surface area contributed by atoms with E-state index in [1.54, 1.807) is 11.0 Å². The molecule has 1 saturated heterocycles. The minimum atomic E-state index is -0.281. The molecule has 156 valence electrons. The Morgan fingerprint density at radius 1 is 1.13 bits per heavy atom. The molecule has 1 aliphatic carbocycles. The van der Waals surface area contributed by atoms with Gasteiger partial charge in [0.25, 0.3) is 0 Å². The molecule has 1 aromatic carbocycles. The van der Waals surface area contributed by atoms with Crippen LogP contribution in [0.4, 0.5) is 4.39 Å². The van der Waals surface area contributed by atoms with Crippen molar-refractivity contribution in [2.75, 3.05) is 19.6 Å². The maximum absolute atomic E-state index is 13.4. The largest absolute Gasteiger partial charge is 0.360 e. The van der Waals surface area contributed by atoms with E-state index in [1.165, 1.54) is 17.0 Å². The predicted octanol–water partition coefficient (Wildman–Crippen LogP) is 3.10. The number of nitrogens with zero attached hydrogens (tertiary/aromatic N) is 2. The van der Waals surface area contributed by atoms with Crippen molar-refractivity contribution in [1.82, 2.24) is 14.8 Å². The number of likely N-dealkylation sites (tertiary alicyclic amines) is 1. The van der Waals surface area contributed by atoms with Crippen LogP contribution in [0.3, 0.4) is 0 Å². The lowest BCUT2D eigenvalue weighted by atomic mass is 9.81. The first-order chi connectivity index (χ1) is 14.5. The SMILES string of the molecule is O=C(CN1C(=O)C2CCCCC2C1=O)N1CC=C(c2c[nH]c3cc(F)ccc23)CC1. The van der Waals surface area contributed by atoms with Crippen molar-refractivity contribution in [3.05, 3.63) is 41.9 Å². The fourth-order valence-electron chi connectivity index (χ4n) is 5.13. The topological polar surface area (TPSA) is 73.5 Å². The molecule has 0 spiro atoms. The summed E-state index contributed by atoms with van der Waals surface area (Å²) in [6, 6.07) is 4.68. The summed E-state index contributed by atoms with van der Waals surface area (Å²) in [7, 11) is 0. The van der Waals surface area contributed by atoms with Crippen molar-refractivity contribution in [2.24, 2.45) is 11.8 Å². The number of benzene rings is 1. The number of hydrogen-bond acceptors (Lipinski definition) is 3. The van der Waals surface area contributed by atoms with Crippen molar-refractivity contribution in [3.8, 4) is 0 Å². The Morgan fingerprint density at radius 3 is 2.53 bits per heavy atom. The zero-order valence-corrected chi connectivity index (χ0v) is 16.7. The summed E-state index contributed by atoms with van der Waals surface area (Å²) in [4.78, 5) is 44.0. The highest BCUT2D eigenvalue weighted by Crippen LogP contribution is 2.38. The Hall–Kier alpha value is -2.96. The van der Waals surface area contributed by atoms with E-state index in [1.807, 2.05) is 12.3 Å². The molecule has 2 aliphatic heterocycles. The first-order valence-electron chi connectivity index (χ1n) is 10.6. The van der Waals surface area contributed by atoms with Gasteiger partial charge < -0.3 is 9.88 Å². The second-order valence-electron chi connectivity index (χ2n) is 8.47. The van der Waals surface area contributed by atoms with Gasteiger partial charge in [-0.15, -0.1) is 0 Å². The molecule has 2 atom stereocenters. The highest BCUT2D eigenvalue weighted by atomic mass is 19.1. The number of aromatic nitrogens is 1. The standard InChI is InChI=1S/C23H24FN3O3/c24-15-5-6-16-19(12-25-20(16)11-15)14-7-9-26(10-8-14)21(28)13-27-22(29)17-3-1-2-4-18(17)23(27)30/h5-7,11-12,17-18,25H,1-4,8-10,13H2. The molecule has 2 aromatic rings. The molecular weight excluding hydrogens is 385 g/mol. The van der Waals surface area contributed by atoms with Gasteiger partial charge in [0.15, 0.2) is 0 Å². The molecule has 1 N–H and O–H groups in total. The number of fused-ring (bicyclic) bond motifs is 2. The number of H-pyrrole nitrogens is 1. The first-order valence-corrected chi connectivity index (χ1v) is 10.6. The maximum Gasteiger partial charge on any atom is 0.243 e. The zero-order valence-electron chi connectivity index (χ0n) is 16.7. The molecule has 3 heterocycles. The smallest absolute Gasteiger partial charge is 0.243 e. The third-order valence-electron chi connectivity index (χ3n) is 6.78. The molecule has 1 saturated carbocycles. The molecule has 7 heteroatoms. The molecule has 30 heavy (non-hydrogen) atoms. The first kappa shape index (κ1) is 19.0. The number of rotatable bonds is 3. The summed E-state index contributed by atoms with van der Waals surface area (Å²) < 4.78 is 13.4. The van der Waals surface area contributed by atoms with Crippen LogP contribution in [0.1, 0.15) is 37.7 Å². The van der Waals surface area contributed by atoms with Gasteiger partial charge in [-0.2, -0.15) is 0 Å². The van der Waals surface area contributed by atoms with Gasteiger partial charge in [0.05, 0.1) is 11.8 Å². The van der Waals surface area contributed by atoms with Crippen LogP contribution in [0.15, 0.2) is 30.5 Å². The van der Waals surface area contributed by atoms with E-state index in [4.69, 9.17) is 0 Å². The van der Waals surface area contributed by atoms with Crippen LogP contribution >= 0.6 is 0 Å². The highest BCUT2D eigenvalue weighted by Gasteiger charge is 2.48. The summed E-state index contributed by atoms with van der Waals surface area (Å²) in [6.07, 6.45) is 8.00. The van der Waals surface area contributed by atoms with E-state index in [2.05, 4.69) is 4.98 Å². The van der Waals surface area contributed by atoms with E-state index < -0.39 is 0 Å². The lowest BCUT2D eigenvalue weighted by Gasteiger charge is -2.28. The summed E-state index contributed by atoms with van der Waals surface area (Å²) in [6.45, 7) is 0.812. The number of halogens is 1. The molecule has 6 nitrogen and oxygen atoms in total. The average molecular weight is 409 g/mol. The van der Waals surface area contributed by atoms with Crippen LogP contribution in [0.2, 0.25) is 0 Å². The molecule has 3 aliphatic rings. The third-order valence-corrected chi connectivity index (χ3v) is 6.78. The van der Waals surface area contributed by atoms with Gasteiger partial charge in [-0.05, 0) is 43.0 Å². The van der Waals surface area contributed by atoms with Crippen molar-refractivity contribution in [3.63, 3.8) is 0 Å². The van der Waals surface area contributed by atoms with Crippen molar-refractivity contribution < 1.29 is 18.8 Å². The minimum Gasteiger partial charge on any atom is -0.360 e. The van der Waals surface area contributed by atoms with E-state index in [9.17, 15) is 18.8 Å². The van der Waals surface area contributed by atoms with Crippen LogP contribution in [0.25, 0.3) is 16.5 Å². The average Bonchev–Trinajstić information content (AvgIpc) is 3.28. The monoisotopic (exact) mass is 409 g/mol. The van der Waals surface area contributed by atoms with E-state index >= 15 is 0 Å². The van der Waals surface area contributed by atoms with Gasteiger partial charge in [-0.3, -0.25) is 19.3 Å². The van der Waals surface area contributed by atoms with Crippen LogP contribution in [0.5, 0.6) is 0 Å². The maximum atomic E-state index is 13.4. The Bertz CT molecular complexity index is 1050. The van der Waals surface area contributed by atoms with Gasteiger partial charge in [0, 0.05) is 35.8 Å². The van der Waals surface area contributed by atoms with Gasteiger partial charge in [-0.1, -0.05) is 18.9 Å². The van der Waals surface area contributed by atoms with E-state index in [0.717, 1.165) is 47.7 Å². The number of amides is 3. The molecule has 2 unspecified atom stereocenters. The van der Waals surface area contributed by atoms with Crippen molar-refractivity contribution in [1.29, 1.82) is 0 Å². The summed E-state index contributed by atoms with van der Waals surface area (Å²) in [5.41, 5.74) is 2.87. The quantitative estimate of drug-likeness (QED) is 0.792. The minimum absolute atomic E-state index is 0.153. The fourth-order valence-corrected chi connectivity index (χ4v) is 5.13. The molecule has 0 radical (unpaired) electrons. The number of aromatic amines is 1. The molecular formula is C23H24FN3O3. The van der Waals surface area contributed by atoms with Crippen LogP contribution in [-0.2, 0) is 14.4 Å². The summed E-state index contributed by atoms with van der Waals surface area (Å²) in [5, 5.41) is 0.957. The van der Waals surface area contributed by atoms with E-state index in [0.29, 0.717) is 19.5 Å². The summed E-state index contributed by atoms with van der Waals surface area (Å²) in [5.74, 6) is -1.25. The summed E-state index contributed by atoms with van der Waals surface area (Å²) >= 11 is 0. The molecule has 5 rings (SSSR count). The Morgan fingerprint density at radius 2 is 1.87 bits per heavy atom. The normalized spacial score (nSPS) is 24.4. The fraction of sp³-hybridized carbons (Fsp3) is 0.435. The number of imide groups is 1. The van der Waals surface area contributed by atoms with Gasteiger partial charge >= 0.3 is 0 Å². The number of nitrogens with one attached hydrogen (secondary N) is 1. The lowest BCUT2D eigenvalue weighted by Crippen LogP contribution is -2.44. The Labute approximate surface area is 173 Å².